The zero-order valence-corrected chi connectivity index (χ0v) is 18.2. The number of unbranched alkanes of at least 4 members (excludes halogenated alkanes) is 2. The number of carbonyl (C=O) groups excluding carboxylic acids is 4. The molecule has 0 aliphatic carbocycles. The summed E-state index contributed by atoms with van der Waals surface area (Å²) >= 11 is 0. The fraction of sp³-hybridized carbons (Fsp3) is 0.778. The topological polar surface area (TPSA) is 109 Å². The number of hydrogen-bond acceptors (Lipinski definition) is 6. The van der Waals surface area contributed by atoms with E-state index in [4.69, 9.17) is 10.2 Å². The Kier molecular flexibility index (Phi) is 44.1. The number of ketones is 4. The van der Waals surface area contributed by atoms with Crippen LogP contribution in [0.1, 0.15) is 80.1 Å². The van der Waals surface area contributed by atoms with E-state index in [2.05, 4.69) is 13.8 Å². The first-order valence-electron chi connectivity index (χ1n) is 8.28. The molecule has 0 unspecified atom stereocenters. The molecule has 0 heterocycles. The Morgan fingerprint density at radius 1 is 0.600 bits per heavy atom. The van der Waals surface area contributed by atoms with E-state index in [0.717, 1.165) is 25.7 Å². The molecule has 25 heavy (non-hydrogen) atoms. The number of hydrogen-bond donors (Lipinski definition) is 2. The summed E-state index contributed by atoms with van der Waals surface area (Å²) < 4.78 is 0. The van der Waals surface area contributed by atoms with E-state index >= 15 is 0 Å². The van der Waals surface area contributed by atoms with E-state index in [0.29, 0.717) is 13.2 Å². The number of aliphatic hydroxyl groups is 2. The maximum atomic E-state index is 10.0. The van der Waals surface area contributed by atoms with Gasteiger partial charge in [-0.3, -0.25) is 19.2 Å². The Labute approximate surface area is 167 Å². The van der Waals surface area contributed by atoms with Crippen molar-refractivity contribution in [2.45, 2.75) is 80.1 Å². The zero-order chi connectivity index (χ0) is 20.0. The third kappa shape index (κ3) is 82.7. The van der Waals surface area contributed by atoms with Crippen molar-refractivity contribution in [3.05, 3.63) is 0 Å². The number of carbonyl (C=O) groups is 4. The van der Waals surface area contributed by atoms with Crippen molar-refractivity contribution in [1.82, 2.24) is 0 Å². The monoisotopic (exact) mass is 396 g/mol. The van der Waals surface area contributed by atoms with Gasteiger partial charge in [0.15, 0.2) is 0 Å². The number of rotatable bonds is 8. The maximum Gasteiger partial charge on any atom is 0.137 e. The van der Waals surface area contributed by atoms with Gasteiger partial charge in [-0.25, -0.2) is 0 Å². The molecule has 0 rings (SSSR count). The Morgan fingerprint density at radius 2 is 0.800 bits per heavy atom. The van der Waals surface area contributed by atoms with E-state index in [1.54, 1.807) is 0 Å². The van der Waals surface area contributed by atoms with E-state index in [1.807, 2.05) is 0 Å². The predicted octanol–water partition coefficient (Wildman–Crippen LogP) is 2.66. The second-order valence-electron chi connectivity index (χ2n) is 5.32. The smallest absolute Gasteiger partial charge is 0.137 e. The van der Waals surface area contributed by atoms with E-state index in [1.165, 1.54) is 27.7 Å². The minimum absolute atomic E-state index is 0. The van der Waals surface area contributed by atoms with Crippen LogP contribution in [0.3, 0.4) is 0 Å². The summed E-state index contributed by atoms with van der Waals surface area (Å²) in [5, 5.41) is 16.1. The summed E-state index contributed by atoms with van der Waals surface area (Å²) in [5.74, 6) is -0.250. The molecule has 0 aromatic carbocycles. The molecule has 0 amide bonds. The van der Waals surface area contributed by atoms with Crippen molar-refractivity contribution in [3.8, 4) is 0 Å². The Hall–Kier alpha value is -0.686. The largest absolute Gasteiger partial charge is 0.396 e. The SMILES string of the molecule is CC(=O)CC(C)=O.CC(=O)CC(C)=O.CCCCO.CCCCO.[Ti]. The average Bonchev–Trinajstić information content (AvgIpc) is 2.39. The molecule has 148 valence electrons. The van der Waals surface area contributed by atoms with Crippen LogP contribution in [-0.4, -0.2) is 46.6 Å². The number of aliphatic hydroxyl groups excluding tert-OH is 2. The van der Waals surface area contributed by atoms with Gasteiger partial charge in [-0.15, -0.1) is 0 Å². The predicted molar refractivity (Wildman–Crippen MR) is 95.9 cm³/mol. The molecule has 0 aromatic rings. The molecule has 0 radical (unpaired) electrons. The molecular weight excluding hydrogens is 360 g/mol. The molecular formula is C18H36O6Ti. The summed E-state index contributed by atoms with van der Waals surface area (Å²) in [7, 11) is 0. The van der Waals surface area contributed by atoms with Gasteiger partial charge in [0.2, 0.25) is 0 Å². The van der Waals surface area contributed by atoms with Gasteiger partial charge in [0.25, 0.3) is 0 Å². The molecule has 6 nitrogen and oxygen atoms in total. The number of Topliss-reactive ketones (excluding diaryl/α,β-unsaturated/α-hetero) is 4. The second kappa shape index (κ2) is 31.1. The van der Waals surface area contributed by atoms with Gasteiger partial charge in [-0.05, 0) is 40.5 Å². The molecule has 0 aromatic heterocycles. The first kappa shape index (κ1) is 35.4. The zero-order valence-electron chi connectivity index (χ0n) is 16.7. The Morgan fingerprint density at radius 3 is 0.800 bits per heavy atom. The van der Waals surface area contributed by atoms with Crippen molar-refractivity contribution in [2.75, 3.05) is 13.2 Å². The molecule has 0 bridgehead atoms. The second-order valence-corrected chi connectivity index (χ2v) is 5.32. The third-order valence-electron chi connectivity index (χ3n) is 2.02. The first-order valence-corrected chi connectivity index (χ1v) is 8.28. The van der Waals surface area contributed by atoms with Gasteiger partial charge in [-0.2, -0.15) is 0 Å². The van der Waals surface area contributed by atoms with Crippen LogP contribution in [0, 0.1) is 0 Å². The molecule has 0 saturated heterocycles. The van der Waals surface area contributed by atoms with Crippen molar-refractivity contribution in [3.63, 3.8) is 0 Å². The molecule has 0 aliphatic rings. The van der Waals surface area contributed by atoms with Crippen molar-refractivity contribution < 1.29 is 51.1 Å². The van der Waals surface area contributed by atoms with Gasteiger partial charge in [0, 0.05) is 34.9 Å². The van der Waals surface area contributed by atoms with Gasteiger partial charge < -0.3 is 10.2 Å². The van der Waals surface area contributed by atoms with Crippen LogP contribution in [0.25, 0.3) is 0 Å². The van der Waals surface area contributed by atoms with Crippen LogP contribution in [-0.2, 0) is 40.9 Å². The molecule has 0 atom stereocenters. The quantitative estimate of drug-likeness (QED) is 0.482. The first-order chi connectivity index (χ1) is 11.1. The van der Waals surface area contributed by atoms with Crippen LogP contribution >= 0.6 is 0 Å². The van der Waals surface area contributed by atoms with E-state index < -0.39 is 0 Å². The standard InChI is InChI=1S/2C5H8O2.2C4H10O.Ti/c2*1-4(6)3-5(2)7;2*1-2-3-4-5;/h2*3H2,1-2H3;2*5H,2-4H2,1H3;. The van der Waals surface area contributed by atoms with Gasteiger partial charge in [-0.1, -0.05) is 26.7 Å². The van der Waals surface area contributed by atoms with E-state index in [-0.39, 0.29) is 57.7 Å². The van der Waals surface area contributed by atoms with Crippen LogP contribution in [0.15, 0.2) is 0 Å². The van der Waals surface area contributed by atoms with Gasteiger partial charge in [0.05, 0.1) is 12.8 Å². The van der Waals surface area contributed by atoms with Crippen LogP contribution < -0.4 is 0 Å². The fourth-order valence-electron chi connectivity index (χ4n) is 1.02. The average molecular weight is 396 g/mol. The Balaban J connectivity index is -0.0000000711. The van der Waals surface area contributed by atoms with Crippen LogP contribution in [0.4, 0.5) is 0 Å². The molecule has 0 spiro atoms. The maximum absolute atomic E-state index is 10.0. The molecule has 7 heteroatoms. The normalized spacial score (nSPS) is 8.00. The molecule has 0 fully saturated rings. The van der Waals surface area contributed by atoms with Crippen LogP contribution in [0.5, 0.6) is 0 Å². The summed E-state index contributed by atoms with van der Waals surface area (Å²) in [4.78, 5) is 40.1. The molecule has 2 N–H and O–H groups in total. The Bertz CT molecular complexity index is 270. The van der Waals surface area contributed by atoms with Gasteiger partial charge in [0.1, 0.15) is 23.1 Å². The summed E-state index contributed by atoms with van der Waals surface area (Å²) in [6.45, 7) is 10.4. The van der Waals surface area contributed by atoms with Gasteiger partial charge >= 0.3 is 0 Å². The van der Waals surface area contributed by atoms with Crippen molar-refractivity contribution in [2.24, 2.45) is 0 Å². The summed E-state index contributed by atoms with van der Waals surface area (Å²) in [6.07, 6.45) is 4.24. The fourth-order valence-corrected chi connectivity index (χ4v) is 1.02. The van der Waals surface area contributed by atoms with Crippen molar-refractivity contribution >= 4 is 23.1 Å². The molecule has 0 aliphatic heterocycles. The minimum Gasteiger partial charge on any atom is -0.396 e. The van der Waals surface area contributed by atoms with E-state index in [9.17, 15) is 19.2 Å². The summed E-state index contributed by atoms with van der Waals surface area (Å²) in [5.41, 5.74) is 0. The summed E-state index contributed by atoms with van der Waals surface area (Å²) in [6, 6.07) is 0. The van der Waals surface area contributed by atoms with Crippen LogP contribution in [0.2, 0.25) is 0 Å². The van der Waals surface area contributed by atoms with Crippen molar-refractivity contribution in [1.29, 1.82) is 0 Å². The third-order valence-corrected chi connectivity index (χ3v) is 2.02. The minimum atomic E-state index is -0.0625. The molecule has 0 saturated carbocycles.